The van der Waals surface area contributed by atoms with E-state index in [0.717, 1.165) is 31.6 Å². The lowest BCUT2D eigenvalue weighted by Gasteiger charge is -2.24. The summed E-state index contributed by atoms with van der Waals surface area (Å²) < 4.78 is 5.64. The van der Waals surface area contributed by atoms with Crippen molar-refractivity contribution in [3.05, 3.63) is 16.6 Å². The minimum Gasteiger partial charge on any atom is -0.368 e. The Morgan fingerprint density at radius 1 is 1.61 bits per heavy atom. The van der Waals surface area contributed by atoms with E-state index in [1.165, 1.54) is 0 Å². The van der Waals surface area contributed by atoms with Crippen molar-refractivity contribution < 1.29 is 9.53 Å². The largest absolute Gasteiger partial charge is 0.368 e. The van der Waals surface area contributed by atoms with Gasteiger partial charge < -0.3 is 15.0 Å². The van der Waals surface area contributed by atoms with Crippen LogP contribution in [-0.4, -0.2) is 48.6 Å². The molecule has 1 N–H and O–H groups in total. The standard InChI is InChI=1S/C12H19N3O2S/c1-15(6-10-8-18-9-14-10)12(16)7-17-11-2-4-13-5-3-11/h8-9,11,13H,2-7H2,1H3. The van der Waals surface area contributed by atoms with Gasteiger partial charge in [0.15, 0.2) is 0 Å². The van der Waals surface area contributed by atoms with Crippen LogP contribution in [0.4, 0.5) is 0 Å². The maximum Gasteiger partial charge on any atom is 0.248 e. The molecule has 0 saturated carbocycles. The predicted octanol–water partition coefficient (Wildman–Crippen LogP) is 0.870. The van der Waals surface area contributed by atoms with Crippen molar-refractivity contribution in [2.24, 2.45) is 0 Å². The predicted molar refractivity (Wildman–Crippen MR) is 70.4 cm³/mol. The van der Waals surface area contributed by atoms with Crippen LogP contribution >= 0.6 is 11.3 Å². The molecular formula is C12H19N3O2S. The Hall–Kier alpha value is -0.980. The fourth-order valence-corrected chi connectivity index (χ4v) is 2.46. The number of carbonyl (C=O) groups excluding carboxylic acids is 1. The average molecular weight is 269 g/mol. The molecule has 1 saturated heterocycles. The van der Waals surface area contributed by atoms with Gasteiger partial charge in [-0.2, -0.15) is 0 Å². The number of piperidine rings is 1. The Bertz CT molecular complexity index is 363. The maximum atomic E-state index is 11.9. The first-order valence-electron chi connectivity index (χ1n) is 6.19. The van der Waals surface area contributed by atoms with Crippen LogP contribution in [0.15, 0.2) is 10.9 Å². The summed E-state index contributed by atoms with van der Waals surface area (Å²) in [7, 11) is 1.79. The van der Waals surface area contributed by atoms with Crippen molar-refractivity contribution in [1.29, 1.82) is 0 Å². The van der Waals surface area contributed by atoms with Crippen molar-refractivity contribution in [3.8, 4) is 0 Å². The highest BCUT2D eigenvalue weighted by Crippen LogP contribution is 2.08. The molecule has 1 amide bonds. The summed E-state index contributed by atoms with van der Waals surface area (Å²) in [5, 5.41) is 5.23. The van der Waals surface area contributed by atoms with E-state index in [2.05, 4.69) is 10.3 Å². The third-order valence-corrected chi connectivity index (χ3v) is 3.67. The van der Waals surface area contributed by atoms with Crippen molar-refractivity contribution in [2.75, 3.05) is 26.7 Å². The second-order valence-electron chi connectivity index (χ2n) is 4.49. The van der Waals surface area contributed by atoms with Gasteiger partial charge >= 0.3 is 0 Å². The summed E-state index contributed by atoms with van der Waals surface area (Å²) >= 11 is 1.54. The van der Waals surface area contributed by atoms with Crippen molar-refractivity contribution in [3.63, 3.8) is 0 Å². The molecule has 0 bridgehead atoms. The van der Waals surface area contributed by atoms with Gasteiger partial charge in [0.25, 0.3) is 0 Å². The molecule has 2 rings (SSSR count). The Balaban J connectivity index is 1.70. The Kier molecular flexibility index (Phi) is 5.10. The van der Waals surface area contributed by atoms with Gasteiger partial charge in [-0.3, -0.25) is 4.79 Å². The summed E-state index contributed by atoms with van der Waals surface area (Å²) in [5.74, 6) is 0.0153. The van der Waals surface area contributed by atoms with Crippen LogP contribution < -0.4 is 5.32 Å². The van der Waals surface area contributed by atoms with Gasteiger partial charge in [0, 0.05) is 12.4 Å². The Morgan fingerprint density at radius 3 is 3.06 bits per heavy atom. The lowest BCUT2D eigenvalue weighted by atomic mass is 10.1. The third-order valence-electron chi connectivity index (χ3n) is 3.04. The molecular weight excluding hydrogens is 250 g/mol. The highest BCUT2D eigenvalue weighted by Gasteiger charge is 2.16. The Morgan fingerprint density at radius 2 is 2.39 bits per heavy atom. The van der Waals surface area contributed by atoms with E-state index >= 15 is 0 Å². The van der Waals surface area contributed by atoms with Gasteiger partial charge in [-0.05, 0) is 25.9 Å². The first-order valence-corrected chi connectivity index (χ1v) is 7.13. The van der Waals surface area contributed by atoms with Crippen molar-refractivity contribution in [2.45, 2.75) is 25.5 Å². The summed E-state index contributed by atoms with van der Waals surface area (Å²) in [6.45, 7) is 2.68. The molecule has 6 heteroatoms. The van der Waals surface area contributed by atoms with Crippen LogP contribution in [0.2, 0.25) is 0 Å². The summed E-state index contributed by atoms with van der Waals surface area (Å²) in [4.78, 5) is 17.7. The zero-order chi connectivity index (χ0) is 12.8. The summed E-state index contributed by atoms with van der Waals surface area (Å²) in [6.07, 6.45) is 2.20. The molecule has 1 aliphatic heterocycles. The van der Waals surface area contributed by atoms with Crippen LogP contribution in [0.1, 0.15) is 18.5 Å². The SMILES string of the molecule is CN(Cc1cscn1)C(=O)COC1CCNCC1. The zero-order valence-electron chi connectivity index (χ0n) is 10.6. The third kappa shape index (κ3) is 4.04. The maximum absolute atomic E-state index is 11.9. The van der Waals surface area contributed by atoms with Crippen molar-refractivity contribution >= 4 is 17.2 Å². The second-order valence-corrected chi connectivity index (χ2v) is 5.21. The molecule has 100 valence electrons. The Labute approximate surface area is 111 Å². The number of likely N-dealkylation sites (N-methyl/N-ethyl adjacent to an activating group) is 1. The minimum atomic E-state index is 0.0153. The van der Waals surface area contributed by atoms with Crippen LogP contribution in [0.3, 0.4) is 0 Å². The number of carbonyl (C=O) groups is 1. The highest BCUT2D eigenvalue weighted by atomic mass is 32.1. The topological polar surface area (TPSA) is 54.5 Å². The van der Waals surface area contributed by atoms with E-state index < -0.39 is 0 Å². The summed E-state index contributed by atoms with van der Waals surface area (Å²) in [6, 6.07) is 0. The molecule has 0 atom stereocenters. The first-order chi connectivity index (χ1) is 8.75. The smallest absolute Gasteiger partial charge is 0.248 e. The fraction of sp³-hybridized carbons (Fsp3) is 0.667. The van der Waals surface area contributed by atoms with E-state index in [1.807, 2.05) is 5.38 Å². The van der Waals surface area contributed by atoms with Gasteiger partial charge in [-0.15, -0.1) is 11.3 Å². The number of thiazole rings is 1. The molecule has 0 radical (unpaired) electrons. The van der Waals surface area contributed by atoms with Gasteiger partial charge in [-0.1, -0.05) is 0 Å². The summed E-state index contributed by atoms with van der Waals surface area (Å²) in [5.41, 5.74) is 2.71. The minimum absolute atomic E-state index is 0.0153. The quantitative estimate of drug-likeness (QED) is 0.862. The number of nitrogens with zero attached hydrogens (tertiary/aromatic N) is 2. The average Bonchev–Trinajstić information content (AvgIpc) is 2.90. The molecule has 0 aromatic carbocycles. The number of hydrogen-bond acceptors (Lipinski definition) is 5. The van der Waals surface area contributed by atoms with E-state index in [4.69, 9.17) is 4.74 Å². The van der Waals surface area contributed by atoms with E-state index in [0.29, 0.717) is 6.54 Å². The van der Waals surface area contributed by atoms with E-state index in [9.17, 15) is 4.79 Å². The first kappa shape index (κ1) is 13.5. The number of aromatic nitrogens is 1. The van der Waals surface area contributed by atoms with Crippen LogP contribution in [0, 0.1) is 0 Å². The molecule has 1 fully saturated rings. The molecule has 1 aromatic rings. The lowest BCUT2D eigenvalue weighted by Crippen LogP contribution is -2.36. The molecule has 0 unspecified atom stereocenters. The number of rotatable bonds is 5. The molecule has 1 aliphatic rings. The second kappa shape index (κ2) is 6.82. The number of hydrogen-bond donors (Lipinski definition) is 1. The molecule has 1 aromatic heterocycles. The van der Waals surface area contributed by atoms with E-state index in [1.54, 1.807) is 28.8 Å². The number of ether oxygens (including phenoxy) is 1. The van der Waals surface area contributed by atoms with Gasteiger partial charge in [0.05, 0.1) is 23.9 Å². The number of nitrogens with one attached hydrogen (secondary N) is 1. The van der Waals surface area contributed by atoms with E-state index in [-0.39, 0.29) is 18.6 Å². The zero-order valence-corrected chi connectivity index (χ0v) is 11.4. The normalized spacial score (nSPS) is 16.7. The monoisotopic (exact) mass is 269 g/mol. The van der Waals surface area contributed by atoms with Crippen LogP contribution in [-0.2, 0) is 16.1 Å². The van der Waals surface area contributed by atoms with Crippen LogP contribution in [0.25, 0.3) is 0 Å². The number of amides is 1. The van der Waals surface area contributed by atoms with Gasteiger partial charge in [0.1, 0.15) is 6.61 Å². The fourth-order valence-electron chi connectivity index (χ4n) is 1.91. The lowest BCUT2D eigenvalue weighted by molar-refractivity contribution is -0.138. The molecule has 2 heterocycles. The molecule has 18 heavy (non-hydrogen) atoms. The van der Waals surface area contributed by atoms with Crippen molar-refractivity contribution in [1.82, 2.24) is 15.2 Å². The molecule has 5 nitrogen and oxygen atoms in total. The highest BCUT2D eigenvalue weighted by molar-refractivity contribution is 7.07. The molecule has 0 spiro atoms. The van der Waals surface area contributed by atoms with Gasteiger partial charge in [-0.25, -0.2) is 4.98 Å². The van der Waals surface area contributed by atoms with Crippen LogP contribution in [0.5, 0.6) is 0 Å². The van der Waals surface area contributed by atoms with Gasteiger partial charge in [0.2, 0.25) is 5.91 Å². The molecule has 0 aliphatic carbocycles.